The van der Waals surface area contributed by atoms with E-state index >= 15 is 0 Å². The van der Waals surface area contributed by atoms with Gasteiger partial charge in [-0.3, -0.25) is 9.79 Å². The number of alkyl carbamates (subject to hydrolysis) is 1. The fourth-order valence-corrected chi connectivity index (χ4v) is 8.49. The van der Waals surface area contributed by atoms with Crippen LogP contribution < -0.4 is 20.4 Å². The Morgan fingerprint density at radius 2 is 1.68 bits per heavy atom. The second-order valence-electron chi connectivity index (χ2n) is 16.6. The third-order valence-electron chi connectivity index (χ3n) is 11.1. The third-order valence-corrected chi connectivity index (χ3v) is 12.0. The molecule has 13 nitrogen and oxygen atoms in total. The molecule has 310 valence electrons. The number of anilines is 3. The number of hydrogen-bond donors (Lipinski definition) is 2. The van der Waals surface area contributed by atoms with Gasteiger partial charge >= 0.3 is 12.1 Å². The minimum Gasteiger partial charge on any atom is -0.467 e. The predicted octanol–water partition coefficient (Wildman–Crippen LogP) is 7.43. The van der Waals surface area contributed by atoms with E-state index in [4.69, 9.17) is 14.5 Å². The zero-order chi connectivity index (χ0) is 41.6. The Labute approximate surface area is 351 Å². The summed E-state index contributed by atoms with van der Waals surface area (Å²) in [5.41, 5.74) is 3.82. The average Bonchev–Trinajstić information content (AvgIpc) is 3.23. The van der Waals surface area contributed by atoms with Crippen LogP contribution >= 0.6 is 11.8 Å². The number of nitrogens with zero attached hydrogens (tertiary/aromatic N) is 6. The summed E-state index contributed by atoms with van der Waals surface area (Å²) in [4.78, 5) is 59.1. The number of ether oxygens (including phenoxy) is 2. The van der Waals surface area contributed by atoms with Gasteiger partial charge in [0.05, 0.1) is 19.5 Å². The summed E-state index contributed by atoms with van der Waals surface area (Å²) in [6.07, 6.45) is 17.7. The van der Waals surface area contributed by atoms with Crippen LogP contribution in [0.5, 0.6) is 0 Å². The minimum absolute atomic E-state index is 0.162. The van der Waals surface area contributed by atoms with Crippen molar-refractivity contribution in [3.8, 4) is 0 Å². The molecule has 1 unspecified atom stereocenters. The van der Waals surface area contributed by atoms with Crippen LogP contribution in [0.1, 0.15) is 70.2 Å². The highest BCUT2D eigenvalue weighted by Crippen LogP contribution is 2.31. The fourth-order valence-electron chi connectivity index (χ4n) is 7.71. The standard InChI is InChI=1S/C45H54N8O5S/c1-44(2,3)58-43(56)50-45(4)19-25-53(26-20-45)39-29-48-40(30-47-39)59-37-8-6-7-34(27-37)49-41(54)32-9-12-35(13-10-32)52-23-17-36(18-24-52)51-21-15-31(16-22-51)33-11-14-38(46-28-33)42(55)57-5/h6-15,21,27-30,36,38H,16-20,22-26H2,1-5H3,(H,49,54)(H,50,56). The zero-order valence-electron chi connectivity index (χ0n) is 34.5. The van der Waals surface area contributed by atoms with Gasteiger partial charge in [-0.05, 0) is 132 Å². The summed E-state index contributed by atoms with van der Waals surface area (Å²) < 4.78 is 10.3. The molecule has 0 aliphatic carbocycles. The molecule has 0 spiro atoms. The zero-order valence-corrected chi connectivity index (χ0v) is 35.3. The smallest absolute Gasteiger partial charge is 0.408 e. The van der Waals surface area contributed by atoms with Crippen LogP contribution in [0, 0.1) is 0 Å². The maximum atomic E-state index is 13.3. The van der Waals surface area contributed by atoms with E-state index in [1.54, 1.807) is 24.7 Å². The largest absolute Gasteiger partial charge is 0.467 e. The summed E-state index contributed by atoms with van der Waals surface area (Å²) in [5, 5.41) is 6.86. The van der Waals surface area contributed by atoms with E-state index in [9.17, 15) is 14.4 Å². The maximum absolute atomic E-state index is 13.3. The van der Waals surface area contributed by atoms with Crippen LogP contribution in [0.25, 0.3) is 0 Å². The second-order valence-corrected chi connectivity index (χ2v) is 17.7. The van der Waals surface area contributed by atoms with Gasteiger partial charge in [-0.2, -0.15) is 0 Å². The molecule has 2 aromatic carbocycles. The molecule has 0 bridgehead atoms. The summed E-state index contributed by atoms with van der Waals surface area (Å²) in [6.45, 7) is 12.0. The van der Waals surface area contributed by atoms with Crippen molar-refractivity contribution in [3.63, 3.8) is 0 Å². The lowest BCUT2D eigenvalue weighted by Crippen LogP contribution is -2.54. The van der Waals surface area contributed by atoms with E-state index in [0.29, 0.717) is 17.3 Å². The molecular weight excluding hydrogens is 765 g/mol. The SMILES string of the molecule is COC(=O)C1C=CC(=C2C=CN(C3CCN(c4ccc(C(=O)Nc5cccc(Sc6cnc(N7CCC(C)(NC(=O)OC(C)(C)C)CC7)cn6)c5)cc4)CC3)CC2)C=N1. The first-order chi connectivity index (χ1) is 28.3. The van der Waals surface area contributed by atoms with Gasteiger partial charge in [0.15, 0.2) is 6.04 Å². The first-order valence-corrected chi connectivity index (χ1v) is 21.1. The quantitative estimate of drug-likeness (QED) is 0.208. The Morgan fingerprint density at radius 1 is 0.915 bits per heavy atom. The third kappa shape index (κ3) is 10.9. The van der Waals surface area contributed by atoms with Gasteiger partial charge in [-0.1, -0.05) is 23.9 Å². The molecule has 0 radical (unpaired) electrons. The molecule has 1 atom stereocenters. The Hall–Kier alpha value is -5.63. The van der Waals surface area contributed by atoms with Crippen molar-refractivity contribution in [1.29, 1.82) is 0 Å². The second kappa shape index (κ2) is 18.1. The first kappa shape index (κ1) is 41.5. The molecule has 2 fully saturated rings. The number of methoxy groups -OCH3 is 1. The molecule has 1 aromatic heterocycles. The highest BCUT2D eigenvalue weighted by atomic mass is 32.2. The van der Waals surface area contributed by atoms with Crippen LogP contribution in [0.2, 0.25) is 0 Å². The summed E-state index contributed by atoms with van der Waals surface area (Å²) in [5.74, 6) is 0.292. The molecule has 4 aliphatic rings. The Bertz CT molecular complexity index is 2100. The van der Waals surface area contributed by atoms with Crippen molar-refractivity contribution >= 4 is 53.1 Å². The van der Waals surface area contributed by atoms with Gasteiger partial charge in [-0.15, -0.1) is 0 Å². The molecule has 2 amide bonds. The summed E-state index contributed by atoms with van der Waals surface area (Å²) in [6, 6.07) is 15.5. The molecule has 14 heteroatoms. The molecule has 4 aliphatic heterocycles. The minimum atomic E-state index is -0.558. The van der Waals surface area contributed by atoms with Crippen LogP contribution in [0.3, 0.4) is 0 Å². The van der Waals surface area contributed by atoms with Gasteiger partial charge in [0.1, 0.15) is 16.4 Å². The van der Waals surface area contributed by atoms with Gasteiger partial charge in [0, 0.05) is 72.4 Å². The number of hydrogen-bond acceptors (Lipinski definition) is 12. The average molecular weight is 819 g/mol. The number of esters is 1. The molecule has 3 aromatic rings. The predicted molar refractivity (Wildman–Crippen MR) is 232 cm³/mol. The van der Waals surface area contributed by atoms with E-state index in [1.807, 2.05) is 75.4 Å². The van der Waals surface area contributed by atoms with Gasteiger partial charge in [-0.25, -0.2) is 19.6 Å². The number of aliphatic imine (C=N–C) groups is 1. The van der Waals surface area contributed by atoms with Crippen LogP contribution in [0.15, 0.2) is 111 Å². The number of allylic oxidation sites excluding steroid dienone is 3. The fraction of sp³-hybridized carbons (Fsp3) is 0.422. The normalized spacial score (nSPS) is 20.6. The molecule has 2 saturated heterocycles. The number of carbonyl (C=O) groups is 3. The number of amides is 2. The van der Waals surface area contributed by atoms with Crippen molar-refractivity contribution in [2.24, 2.45) is 4.99 Å². The summed E-state index contributed by atoms with van der Waals surface area (Å²) in [7, 11) is 1.38. The lowest BCUT2D eigenvalue weighted by Gasteiger charge is -2.40. The van der Waals surface area contributed by atoms with Gasteiger partial charge < -0.3 is 34.8 Å². The van der Waals surface area contributed by atoms with E-state index in [0.717, 1.165) is 91.8 Å². The topological polar surface area (TPSA) is 142 Å². The lowest BCUT2D eigenvalue weighted by molar-refractivity contribution is -0.140. The molecular formula is C45H54N8O5S. The Morgan fingerprint density at radius 3 is 2.31 bits per heavy atom. The van der Waals surface area contributed by atoms with Crippen molar-refractivity contribution in [2.45, 2.75) is 92.9 Å². The number of aromatic nitrogens is 2. The van der Waals surface area contributed by atoms with Crippen LogP contribution in [-0.4, -0.2) is 102 Å². The molecule has 5 heterocycles. The van der Waals surface area contributed by atoms with E-state index < -0.39 is 11.6 Å². The number of piperidine rings is 2. The molecule has 2 N–H and O–H groups in total. The highest BCUT2D eigenvalue weighted by Gasteiger charge is 2.34. The molecule has 59 heavy (non-hydrogen) atoms. The first-order valence-electron chi connectivity index (χ1n) is 20.3. The Kier molecular flexibility index (Phi) is 12.7. The number of carbonyl (C=O) groups excluding carboxylic acids is 3. The number of benzene rings is 2. The van der Waals surface area contributed by atoms with Crippen molar-refractivity contribution in [3.05, 3.63) is 102 Å². The molecule has 0 saturated carbocycles. The monoisotopic (exact) mass is 818 g/mol. The number of nitrogens with one attached hydrogen (secondary N) is 2. The van der Waals surface area contributed by atoms with E-state index in [-0.39, 0.29) is 23.5 Å². The van der Waals surface area contributed by atoms with Crippen LogP contribution in [-0.2, 0) is 14.3 Å². The van der Waals surface area contributed by atoms with Crippen molar-refractivity contribution in [2.75, 3.05) is 55.0 Å². The van der Waals surface area contributed by atoms with E-state index in [2.05, 4.69) is 54.5 Å². The van der Waals surface area contributed by atoms with Crippen molar-refractivity contribution in [1.82, 2.24) is 20.2 Å². The van der Waals surface area contributed by atoms with Gasteiger partial charge in [0.2, 0.25) is 0 Å². The highest BCUT2D eigenvalue weighted by molar-refractivity contribution is 7.99. The summed E-state index contributed by atoms with van der Waals surface area (Å²) >= 11 is 1.49. The van der Waals surface area contributed by atoms with Crippen LogP contribution in [0.4, 0.5) is 22.0 Å². The Balaban J connectivity index is 0.854. The maximum Gasteiger partial charge on any atom is 0.408 e. The van der Waals surface area contributed by atoms with E-state index in [1.165, 1.54) is 24.4 Å². The number of dihydropyridines is 1. The van der Waals surface area contributed by atoms with Gasteiger partial charge in [0.25, 0.3) is 5.91 Å². The number of rotatable bonds is 9. The molecule has 7 rings (SSSR count). The van der Waals surface area contributed by atoms with Crippen molar-refractivity contribution < 1.29 is 23.9 Å². The lowest BCUT2D eigenvalue weighted by atomic mass is 9.90.